The van der Waals surface area contributed by atoms with Gasteiger partial charge < -0.3 is 4.98 Å². The van der Waals surface area contributed by atoms with Gasteiger partial charge in [0.1, 0.15) is 11.6 Å². The molecule has 0 amide bonds. The first-order chi connectivity index (χ1) is 10.2. The zero-order chi connectivity index (χ0) is 14.4. The molecule has 21 heavy (non-hydrogen) atoms. The Kier molecular flexibility index (Phi) is 2.75. The summed E-state index contributed by atoms with van der Waals surface area (Å²) in [4.78, 5) is 12.1. The Morgan fingerprint density at radius 2 is 1.90 bits per heavy atom. The molecule has 0 aliphatic rings. The van der Waals surface area contributed by atoms with Crippen LogP contribution < -0.4 is 0 Å². The lowest BCUT2D eigenvalue weighted by molar-refractivity contribution is 0.623. The summed E-state index contributed by atoms with van der Waals surface area (Å²) in [5, 5.41) is 1.01. The van der Waals surface area contributed by atoms with Gasteiger partial charge >= 0.3 is 0 Å². The highest BCUT2D eigenvalue weighted by atomic mass is 79.9. The van der Waals surface area contributed by atoms with Crippen molar-refractivity contribution in [2.24, 2.45) is 0 Å². The Hall–Kier alpha value is -2.27. The summed E-state index contributed by atoms with van der Waals surface area (Å²) in [7, 11) is 0. The topological polar surface area (TPSA) is 41.6 Å². The third-order valence-corrected chi connectivity index (χ3v) is 4.04. The van der Waals surface area contributed by atoms with E-state index in [0.29, 0.717) is 15.8 Å². The minimum atomic E-state index is -0.308. The Bertz CT molecular complexity index is 934. The second kappa shape index (κ2) is 4.63. The van der Waals surface area contributed by atoms with E-state index >= 15 is 0 Å². The molecular weight excluding hydrogens is 333 g/mol. The lowest BCUT2D eigenvalue weighted by atomic mass is 10.1. The fourth-order valence-corrected chi connectivity index (χ4v) is 2.77. The molecule has 5 heteroatoms. The Labute approximate surface area is 128 Å². The highest BCUT2D eigenvalue weighted by Crippen LogP contribution is 2.28. The highest BCUT2D eigenvalue weighted by molar-refractivity contribution is 9.10. The SMILES string of the molecule is Fc1cc2[nH]c(-c3ccnc4ccccc34)nc2cc1Br. The molecular formula is C16H9BrFN3. The van der Waals surface area contributed by atoms with Crippen molar-refractivity contribution in [2.75, 3.05) is 0 Å². The van der Waals surface area contributed by atoms with Crippen LogP contribution >= 0.6 is 15.9 Å². The van der Waals surface area contributed by atoms with Crippen LogP contribution in [-0.4, -0.2) is 15.0 Å². The molecule has 0 atom stereocenters. The molecule has 4 aromatic rings. The molecule has 2 aromatic carbocycles. The fourth-order valence-electron chi connectivity index (χ4n) is 2.43. The molecule has 102 valence electrons. The summed E-state index contributed by atoms with van der Waals surface area (Å²) in [6, 6.07) is 12.9. The summed E-state index contributed by atoms with van der Waals surface area (Å²) < 4.78 is 14.0. The van der Waals surface area contributed by atoms with Crippen LogP contribution in [0.1, 0.15) is 0 Å². The Balaban J connectivity index is 2.00. The maximum Gasteiger partial charge on any atom is 0.139 e. The van der Waals surface area contributed by atoms with E-state index in [0.717, 1.165) is 22.0 Å². The van der Waals surface area contributed by atoms with Gasteiger partial charge in [-0.1, -0.05) is 18.2 Å². The molecule has 0 unspecified atom stereocenters. The average Bonchev–Trinajstić information content (AvgIpc) is 2.90. The minimum Gasteiger partial charge on any atom is -0.338 e. The van der Waals surface area contributed by atoms with Crippen LogP contribution in [0.4, 0.5) is 4.39 Å². The number of imidazole rings is 1. The second-order valence-corrected chi connectivity index (χ2v) is 5.60. The number of pyridine rings is 1. The number of para-hydroxylation sites is 1. The molecule has 1 N–H and O–H groups in total. The number of H-pyrrole nitrogens is 1. The number of rotatable bonds is 1. The summed E-state index contributed by atoms with van der Waals surface area (Å²) in [5.41, 5.74) is 3.25. The van der Waals surface area contributed by atoms with E-state index < -0.39 is 0 Å². The van der Waals surface area contributed by atoms with Crippen LogP contribution in [-0.2, 0) is 0 Å². The van der Waals surface area contributed by atoms with Crippen LogP contribution in [0.5, 0.6) is 0 Å². The van der Waals surface area contributed by atoms with Crippen LogP contribution in [0.2, 0.25) is 0 Å². The van der Waals surface area contributed by atoms with Crippen molar-refractivity contribution in [2.45, 2.75) is 0 Å². The largest absolute Gasteiger partial charge is 0.338 e. The smallest absolute Gasteiger partial charge is 0.139 e. The van der Waals surface area contributed by atoms with E-state index in [9.17, 15) is 4.39 Å². The zero-order valence-electron chi connectivity index (χ0n) is 10.8. The van der Waals surface area contributed by atoms with Gasteiger partial charge in [-0.3, -0.25) is 4.98 Å². The van der Waals surface area contributed by atoms with E-state index in [1.807, 2.05) is 30.3 Å². The summed E-state index contributed by atoms with van der Waals surface area (Å²) in [6.07, 6.45) is 1.75. The van der Waals surface area contributed by atoms with Gasteiger partial charge in [-0.25, -0.2) is 9.37 Å². The lowest BCUT2D eigenvalue weighted by Crippen LogP contribution is -1.85. The van der Waals surface area contributed by atoms with E-state index in [1.165, 1.54) is 6.07 Å². The predicted molar refractivity (Wildman–Crippen MR) is 84.5 cm³/mol. The lowest BCUT2D eigenvalue weighted by Gasteiger charge is -2.02. The number of aromatic amines is 1. The van der Waals surface area contributed by atoms with Gasteiger partial charge in [0.15, 0.2) is 0 Å². The van der Waals surface area contributed by atoms with Gasteiger partial charge in [0.05, 0.1) is 21.0 Å². The molecule has 0 bridgehead atoms. The summed E-state index contributed by atoms with van der Waals surface area (Å²) >= 11 is 3.18. The van der Waals surface area contributed by atoms with Gasteiger partial charge in [-0.15, -0.1) is 0 Å². The molecule has 0 saturated heterocycles. The maximum absolute atomic E-state index is 13.6. The number of halogens is 2. The van der Waals surface area contributed by atoms with E-state index in [1.54, 1.807) is 12.3 Å². The molecule has 2 aromatic heterocycles. The maximum atomic E-state index is 13.6. The van der Waals surface area contributed by atoms with Crippen LogP contribution in [0.3, 0.4) is 0 Å². The van der Waals surface area contributed by atoms with Crippen LogP contribution in [0.15, 0.2) is 53.1 Å². The van der Waals surface area contributed by atoms with Gasteiger partial charge in [0.25, 0.3) is 0 Å². The van der Waals surface area contributed by atoms with E-state index in [-0.39, 0.29) is 5.82 Å². The standard InChI is InChI=1S/C16H9BrFN3/c17-11-7-14-15(8-12(11)18)21-16(20-14)10-5-6-19-13-4-2-1-3-9(10)13/h1-8H,(H,20,21). The first-order valence-electron chi connectivity index (χ1n) is 6.41. The summed E-state index contributed by atoms with van der Waals surface area (Å²) in [5.74, 6) is 0.401. The molecule has 0 spiro atoms. The number of nitrogens with one attached hydrogen (secondary N) is 1. The molecule has 0 saturated carbocycles. The van der Waals surface area contributed by atoms with E-state index in [4.69, 9.17) is 0 Å². The number of benzene rings is 2. The van der Waals surface area contributed by atoms with Gasteiger partial charge in [0.2, 0.25) is 0 Å². The van der Waals surface area contributed by atoms with Crippen molar-refractivity contribution in [1.29, 1.82) is 0 Å². The molecule has 0 fully saturated rings. The number of nitrogens with zero attached hydrogens (tertiary/aromatic N) is 2. The fraction of sp³-hybridized carbons (Fsp3) is 0. The number of hydrogen-bond acceptors (Lipinski definition) is 2. The molecule has 0 aliphatic heterocycles. The van der Waals surface area contributed by atoms with Crippen molar-refractivity contribution >= 4 is 37.9 Å². The van der Waals surface area contributed by atoms with E-state index in [2.05, 4.69) is 30.9 Å². The molecule has 2 heterocycles. The van der Waals surface area contributed by atoms with Crippen molar-refractivity contribution in [3.05, 3.63) is 59.0 Å². The zero-order valence-corrected chi connectivity index (χ0v) is 12.4. The van der Waals surface area contributed by atoms with Gasteiger partial charge in [0, 0.05) is 23.2 Å². The molecule has 3 nitrogen and oxygen atoms in total. The van der Waals surface area contributed by atoms with Crippen molar-refractivity contribution < 1.29 is 4.39 Å². The average molecular weight is 342 g/mol. The van der Waals surface area contributed by atoms with Gasteiger partial charge in [-0.2, -0.15) is 0 Å². The molecule has 4 rings (SSSR count). The number of fused-ring (bicyclic) bond motifs is 2. The Morgan fingerprint density at radius 1 is 1.05 bits per heavy atom. The molecule has 0 aliphatic carbocycles. The van der Waals surface area contributed by atoms with Crippen LogP contribution in [0.25, 0.3) is 33.3 Å². The Morgan fingerprint density at radius 3 is 2.81 bits per heavy atom. The monoisotopic (exact) mass is 341 g/mol. The second-order valence-electron chi connectivity index (χ2n) is 4.74. The third-order valence-electron chi connectivity index (χ3n) is 3.43. The quantitative estimate of drug-likeness (QED) is 0.546. The van der Waals surface area contributed by atoms with Gasteiger partial charge in [-0.05, 0) is 34.1 Å². The van der Waals surface area contributed by atoms with Crippen molar-refractivity contribution in [3.8, 4) is 11.4 Å². The first-order valence-corrected chi connectivity index (χ1v) is 7.20. The van der Waals surface area contributed by atoms with Crippen LogP contribution in [0, 0.1) is 5.82 Å². The van der Waals surface area contributed by atoms with Crippen molar-refractivity contribution in [3.63, 3.8) is 0 Å². The third kappa shape index (κ3) is 2.01. The molecule has 0 radical (unpaired) electrons. The van der Waals surface area contributed by atoms with Crippen molar-refractivity contribution in [1.82, 2.24) is 15.0 Å². The first kappa shape index (κ1) is 12.5. The number of hydrogen-bond donors (Lipinski definition) is 1. The minimum absolute atomic E-state index is 0.308. The predicted octanol–water partition coefficient (Wildman–Crippen LogP) is 4.68. The summed E-state index contributed by atoms with van der Waals surface area (Å²) in [6.45, 7) is 0. The normalized spacial score (nSPS) is 11.3. The number of aromatic nitrogens is 3. The highest BCUT2D eigenvalue weighted by Gasteiger charge is 2.11.